The van der Waals surface area contributed by atoms with Crippen LogP contribution in [-0.2, 0) is 19.3 Å². The fourth-order valence-electron chi connectivity index (χ4n) is 4.94. The minimum absolute atomic E-state index is 0.0384. The van der Waals surface area contributed by atoms with Crippen LogP contribution in [0.15, 0.2) is 70.3 Å². The topological polar surface area (TPSA) is 100 Å². The first-order valence-corrected chi connectivity index (χ1v) is 13.1. The molecule has 2 N–H and O–H groups in total. The van der Waals surface area contributed by atoms with Gasteiger partial charge in [-0.2, -0.15) is 13.2 Å². The van der Waals surface area contributed by atoms with Crippen molar-refractivity contribution < 1.29 is 31.4 Å². The number of nitrogens with one attached hydrogen (secondary N) is 2. The van der Waals surface area contributed by atoms with Crippen LogP contribution in [0.5, 0.6) is 11.5 Å². The van der Waals surface area contributed by atoms with E-state index in [0.29, 0.717) is 17.6 Å². The van der Waals surface area contributed by atoms with Crippen molar-refractivity contribution in [1.29, 1.82) is 0 Å². The Labute approximate surface area is 246 Å². The van der Waals surface area contributed by atoms with Crippen LogP contribution in [0.2, 0.25) is 0 Å². The van der Waals surface area contributed by atoms with Gasteiger partial charge in [0.25, 0.3) is 5.56 Å². The number of benzene rings is 3. The number of rotatable bonds is 8. The Hall–Kier alpha value is -5.20. The molecule has 0 unspecified atom stereocenters. The van der Waals surface area contributed by atoms with Gasteiger partial charge < -0.3 is 19.4 Å². The Bertz CT molecular complexity index is 1900. The summed E-state index contributed by atoms with van der Waals surface area (Å²) in [4.78, 5) is 33.7. The number of aromatic nitrogens is 3. The normalized spacial score (nSPS) is 11.5. The average molecular weight is 613 g/mol. The van der Waals surface area contributed by atoms with Gasteiger partial charge in [-0.25, -0.2) is 18.6 Å². The Balaban J connectivity index is 1.72. The van der Waals surface area contributed by atoms with Crippen molar-refractivity contribution in [2.24, 2.45) is 0 Å². The second kappa shape index (κ2) is 11.8. The molecule has 0 aliphatic heterocycles. The molecule has 0 saturated heterocycles. The average Bonchev–Trinajstić information content (AvgIpc) is 2.98. The van der Waals surface area contributed by atoms with Gasteiger partial charge >= 0.3 is 11.9 Å². The summed E-state index contributed by atoms with van der Waals surface area (Å²) in [6.07, 6.45) is -5.01. The molecule has 0 aliphatic rings. The van der Waals surface area contributed by atoms with Gasteiger partial charge in [0.15, 0.2) is 5.82 Å². The van der Waals surface area contributed by atoms with Gasteiger partial charge in [-0.05, 0) is 60.0 Å². The van der Waals surface area contributed by atoms with E-state index in [-0.39, 0.29) is 24.5 Å². The van der Waals surface area contributed by atoms with Gasteiger partial charge in [-0.1, -0.05) is 24.3 Å². The maximum atomic E-state index is 15.8. The molecule has 3 aromatic carbocycles. The first kappa shape index (κ1) is 30.3. The third-order valence-electron chi connectivity index (χ3n) is 7.04. The smallest absolute Gasteiger partial charge is 0.418 e. The number of aromatic amines is 2. The molecule has 0 aliphatic carbocycles. The zero-order valence-electron chi connectivity index (χ0n) is 23.6. The van der Waals surface area contributed by atoms with Crippen LogP contribution < -0.4 is 25.6 Å². The van der Waals surface area contributed by atoms with E-state index in [1.54, 1.807) is 58.4 Å². The lowest BCUT2D eigenvalue weighted by atomic mass is 9.98. The number of halogens is 5. The highest BCUT2D eigenvalue weighted by Crippen LogP contribution is 2.42. The number of hydrogen-bond donors (Lipinski definition) is 2. The van der Waals surface area contributed by atoms with Crippen molar-refractivity contribution in [3.05, 3.63) is 115 Å². The zero-order valence-corrected chi connectivity index (χ0v) is 23.6. The Morgan fingerprint density at radius 1 is 0.841 bits per heavy atom. The van der Waals surface area contributed by atoms with E-state index in [2.05, 4.69) is 4.98 Å². The highest BCUT2D eigenvalue weighted by Gasteiger charge is 2.38. The summed E-state index contributed by atoms with van der Waals surface area (Å²) in [5.41, 5.74) is -5.10. The number of hydrogen-bond acceptors (Lipinski definition) is 6. The zero-order chi connectivity index (χ0) is 31.8. The molecule has 0 atom stereocenters. The van der Waals surface area contributed by atoms with E-state index in [9.17, 15) is 22.8 Å². The molecule has 8 nitrogen and oxygen atoms in total. The van der Waals surface area contributed by atoms with E-state index in [4.69, 9.17) is 9.47 Å². The highest BCUT2D eigenvalue weighted by molar-refractivity contribution is 5.85. The fraction of sp³-hybridized carbons (Fsp3) is 0.194. The van der Waals surface area contributed by atoms with Gasteiger partial charge in [-0.3, -0.25) is 9.78 Å². The van der Waals surface area contributed by atoms with Gasteiger partial charge in [0.05, 0.1) is 31.0 Å². The van der Waals surface area contributed by atoms with Crippen LogP contribution in [0, 0.1) is 18.6 Å². The van der Waals surface area contributed by atoms with E-state index >= 15 is 8.78 Å². The molecule has 13 heteroatoms. The van der Waals surface area contributed by atoms with Gasteiger partial charge in [0, 0.05) is 18.7 Å². The first-order valence-electron chi connectivity index (χ1n) is 13.1. The minimum atomic E-state index is -5.01. The monoisotopic (exact) mass is 612 g/mol. The van der Waals surface area contributed by atoms with Crippen molar-refractivity contribution in [2.75, 3.05) is 19.1 Å². The number of aryl methyl sites for hydroxylation is 1. The van der Waals surface area contributed by atoms with Crippen molar-refractivity contribution >= 4 is 16.7 Å². The number of methoxy groups -OCH3 is 2. The molecule has 0 bridgehead atoms. The van der Waals surface area contributed by atoms with E-state index < -0.39 is 56.8 Å². The number of alkyl halides is 3. The third kappa shape index (κ3) is 5.98. The van der Waals surface area contributed by atoms with Crippen LogP contribution in [0.1, 0.15) is 22.3 Å². The first-order chi connectivity index (χ1) is 20.9. The lowest BCUT2D eigenvalue weighted by Gasteiger charge is -2.27. The van der Waals surface area contributed by atoms with Crippen molar-refractivity contribution in [1.82, 2.24) is 15.0 Å². The SMILES string of the molecule is COc1ccc(CN(Cc2ccc(OC)cc2)c2cc(C)c(C(F)(F)F)c(-c3cc(F)c4c(=O)[nH]c(=O)[nH]c4c3F)n2)cc1. The number of pyridine rings is 1. The summed E-state index contributed by atoms with van der Waals surface area (Å²) < 4.78 is 84.7. The largest absolute Gasteiger partial charge is 0.497 e. The Kier molecular flexibility index (Phi) is 8.13. The molecule has 0 radical (unpaired) electrons. The molecular formula is C31H25F5N4O4. The molecule has 228 valence electrons. The van der Waals surface area contributed by atoms with E-state index in [1.165, 1.54) is 27.2 Å². The second-order valence-electron chi connectivity index (χ2n) is 9.95. The number of nitrogens with zero attached hydrogens (tertiary/aromatic N) is 2. The maximum absolute atomic E-state index is 15.8. The number of anilines is 1. The summed E-state index contributed by atoms with van der Waals surface area (Å²) >= 11 is 0. The molecule has 0 saturated carbocycles. The van der Waals surface area contributed by atoms with Crippen molar-refractivity contribution in [2.45, 2.75) is 26.2 Å². The van der Waals surface area contributed by atoms with Crippen LogP contribution in [0.4, 0.5) is 27.8 Å². The van der Waals surface area contributed by atoms with E-state index in [1.807, 2.05) is 4.98 Å². The summed E-state index contributed by atoms with van der Waals surface area (Å²) in [7, 11) is 3.03. The van der Waals surface area contributed by atoms with E-state index in [0.717, 1.165) is 11.1 Å². The molecule has 0 fully saturated rings. The molecule has 0 amide bonds. The number of fused-ring (bicyclic) bond motifs is 1. The predicted molar refractivity (Wildman–Crippen MR) is 154 cm³/mol. The van der Waals surface area contributed by atoms with Gasteiger partial charge in [0.1, 0.15) is 28.5 Å². The van der Waals surface area contributed by atoms with Gasteiger partial charge in [-0.15, -0.1) is 0 Å². The molecule has 2 heterocycles. The molecule has 2 aromatic heterocycles. The van der Waals surface area contributed by atoms with Crippen LogP contribution in [-0.4, -0.2) is 29.2 Å². The standard InChI is InChI=1S/C31H25F5N4O4/c1-16-12-23(40(14-17-4-8-19(43-2)9-5-17)15-18-6-10-20(44-3)11-7-18)37-27(25(16)31(34,35)36)21-13-22(32)24-28(26(21)33)38-30(42)39-29(24)41/h4-13H,14-15H2,1-3H3,(H2,38,39,41,42). The summed E-state index contributed by atoms with van der Waals surface area (Å²) in [5, 5.41) is -0.840. The number of H-pyrrole nitrogens is 2. The van der Waals surface area contributed by atoms with Crippen molar-refractivity contribution in [3.63, 3.8) is 0 Å². The number of ether oxygens (including phenoxy) is 2. The maximum Gasteiger partial charge on any atom is 0.418 e. The Morgan fingerprint density at radius 3 is 1.89 bits per heavy atom. The molecule has 0 spiro atoms. The molecule has 5 aromatic rings. The van der Waals surface area contributed by atoms with Gasteiger partial charge in [0.2, 0.25) is 0 Å². The molecule has 5 rings (SSSR count). The van der Waals surface area contributed by atoms with Crippen LogP contribution in [0.3, 0.4) is 0 Å². The minimum Gasteiger partial charge on any atom is -0.497 e. The third-order valence-corrected chi connectivity index (χ3v) is 7.04. The quantitative estimate of drug-likeness (QED) is 0.205. The summed E-state index contributed by atoms with van der Waals surface area (Å²) in [6, 6.07) is 15.7. The summed E-state index contributed by atoms with van der Waals surface area (Å²) in [5.74, 6) is -1.52. The lowest BCUT2D eigenvalue weighted by Crippen LogP contribution is -2.25. The van der Waals surface area contributed by atoms with Crippen LogP contribution in [0.25, 0.3) is 22.2 Å². The fourth-order valence-corrected chi connectivity index (χ4v) is 4.94. The van der Waals surface area contributed by atoms with Crippen molar-refractivity contribution in [3.8, 4) is 22.8 Å². The molecular weight excluding hydrogens is 587 g/mol. The molecule has 44 heavy (non-hydrogen) atoms. The summed E-state index contributed by atoms with van der Waals surface area (Å²) in [6.45, 7) is 1.54. The highest BCUT2D eigenvalue weighted by atomic mass is 19.4. The predicted octanol–water partition coefficient (Wildman–Crippen LogP) is 6.11. The van der Waals surface area contributed by atoms with Crippen LogP contribution >= 0.6 is 0 Å². The Morgan fingerprint density at radius 2 is 1.39 bits per heavy atom. The lowest BCUT2D eigenvalue weighted by molar-refractivity contribution is -0.137. The second-order valence-corrected chi connectivity index (χ2v) is 9.95.